The van der Waals surface area contributed by atoms with Gasteiger partial charge in [0.25, 0.3) is 5.91 Å². The summed E-state index contributed by atoms with van der Waals surface area (Å²) in [5.41, 5.74) is 5.33. The van der Waals surface area contributed by atoms with Crippen LogP contribution in [-0.2, 0) is 11.0 Å². The van der Waals surface area contributed by atoms with Crippen LogP contribution in [-0.4, -0.2) is 44.5 Å². The van der Waals surface area contributed by atoms with E-state index in [2.05, 4.69) is 25.6 Å². The first-order valence-electron chi connectivity index (χ1n) is 10.2. The molecular formula is C22H19F3N6O3. The topological polar surface area (TPSA) is 143 Å². The average Bonchev–Trinajstić information content (AvgIpc) is 3.22. The third-order valence-electron chi connectivity index (χ3n) is 5.23. The summed E-state index contributed by atoms with van der Waals surface area (Å²) in [6.07, 6.45) is -4.57. The number of carbonyl (C=O) groups is 2. The minimum Gasteiger partial charge on any atom is -0.382 e. The van der Waals surface area contributed by atoms with Gasteiger partial charge in [0.15, 0.2) is 5.82 Å². The molecule has 2 atom stereocenters. The van der Waals surface area contributed by atoms with Crippen LogP contribution in [0.25, 0.3) is 11.4 Å². The molecule has 0 bridgehead atoms. The zero-order valence-corrected chi connectivity index (χ0v) is 17.5. The lowest BCUT2D eigenvalue weighted by Crippen LogP contribution is -2.30. The van der Waals surface area contributed by atoms with Gasteiger partial charge in [-0.2, -0.15) is 13.2 Å². The number of nitrogens with two attached hydrogens (primary N) is 1. The predicted molar refractivity (Wildman–Crippen MR) is 114 cm³/mol. The normalized spacial score (nSPS) is 16.7. The van der Waals surface area contributed by atoms with E-state index in [4.69, 9.17) is 5.73 Å². The number of alkyl halides is 3. The Labute approximate surface area is 191 Å². The van der Waals surface area contributed by atoms with Crippen LogP contribution in [0.1, 0.15) is 39.8 Å². The number of aromatic nitrogens is 3. The molecule has 2 unspecified atom stereocenters. The minimum absolute atomic E-state index is 0.0500. The van der Waals surface area contributed by atoms with Gasteiger partial charge in [-0.15, -0.1) is 0 Å². The molecule has 1 fully saturated rings. The molecule has 0 aliphatic carbocycles. The number of carbonyl (C=O) groups excluding carboxylic acids is 2. The molecule has 1 aliphatic rings. The Morgan fingerprint density at radius 3 is 2.47 bits per heavy atom. The quantitative estimate of drug-likeness (QED) is 0.430. The number of amides is 2. The second kappa shape index (κ2) is 9.06. The Morgan fingerprint density at radius 2 is 1.91 bits per heavy atom. The number of benzene rings is 1. The highest BCUT2D eigenvalue weighted by molar-refractivity contribution is 5.92. The second-order valence-electron chi connectivity index (χ2n) is 7.60. The number of rotatable bonds is 6. The van der Waals surface area contributed by atoms with Crippen LogP contribution in [0.4, 0.5) is 19.0 Å². The van der Waals surface area contributed by atoms with Gasteiger partial charge in [-0.25, -0.2) is 9.97 Å². The predicted octanol–water partition coefficient (Wildman–Crippen LogP) is 2.04. The number of nitrogens with one attached hydrogen (secondary N) is 2. The van der Waals surface area contributed by atoms with E-state index in [-0.39, 0.29) is 28.9 Å². The maximum atomic E-state index is 12.7. The van der Waals surface area contributed by atoms with Crippen molar-refractivity contribution in [1.82, 2.24) is 20.3 Å². The first-order chi connectivity index (χ1) is 16.1. The van der Waals surface area contributed by atoms with Crippen molar-refractivity contribution in [2.75, 3.05) is 11.9 Å². The van der Waals surface area contributed by atoms with Crippen LogP contribution in [0.15, 0.2) is 48.7 Å². The summed E-state index contributed by atoms with van der Waals surface area (Å²) >= 11 is 0. The molecule has 12 heteroatoms. The van der Waals surface area contributed by atoms with Crippen molar-refractivity contribution in [3.63, 3.8) is 0 Å². The Morgan fingerprint density at radius 1 is 1.18 bits per heavy atom. The van der Waals surface area contributed by atoms with Gasteiger partial charge in [-0.05, 0) is 24.1 Å². The summed E-state index contributed by atoms with van der Waals surface area (Å²) in [7, 11) is 0. The van der Waals surface area contributed by atoms with Crippen LogP contribution in [0.5, 0.6) is 0 Å². The fourth-order valence-corrected chi connectivity index (χ4v) is 3.41. The van der Waals surface area contributed by atoms with Crippen molar-refractivity contribution < 1.29 is 27.9 Å². The highest BCUT2D eigenvalue weighted by Crippen LogP contribution is 2.30. The molecule has 3 heterocycles. The monoisotopic (exact) mass is 472 g/mol. The van der Waals surface area contributed by atoms with Gasteiger partial charge in [0.2, 0.25) is 5.91 Å². The molecular weight excluding hydrogens is 453 g/mol. The van der Waals surface area contributed by atoms with Crippen molar-refractivity contribution in [1.29, 1.82) is 0 Å². The summed E-state index contributed by atoms with van der Waals surface area (Å²) in [5.74, 6) is -0.552. The van der Waals surface area contributed by atoms with Crippen LogP contribution in [0, 0.1) is 0 Å². The van der Waals surface area contributed by atoms with E-state index in [1.165, 1.54) is 18.2 Å². The number of halogens is 3. The standard InChI is InChI=1S/C22H19F3N6O3/c23-22(24,25)13-5-6-14(28-10-13)18(32)11-1-3-12(4-2-11)20-30-16(19(26)33)9-17(31-20)29-15-7-8-27-21(15)34/h1-6,9-10,15,18,32H,7-8H2,(H2,26,33)(H,27,34)(H,29,30,31). The highest BCUT2D eigenvalue weighted by atomic mass is 19.4. The number of aliphatic hydroxyl groups is 1. The number of hydrogen-bond acceptors (Lipinski definition) is 7. The molecule has 9 nitrogen and oxygen atoms in total. The molecule has 1 aliphatic heterocycles. The maximum Gasteiger partial charge on any atom is 0.417 e. The second-order valence-corrected chi connectivity index (χ2v) is 7.60. The third-order valence-corrected chi connectivity index (χ3v) is 5.23. The largest absolute Gasteiger partial charge is 0.417 e. The van der Waals surface area contributed by atoms with E-state index in [0.29, 0.717) is 30.3 Å². The van der Waals surface area contributed by atoms with Gasteiger partial charge in [0, 0.05) is 24.4 Å². The lowest BCUT2D eigenvalue weighted by Gasteiger charge is -2.14. The van der Waals surface area contributed by atoms with Crippen LogP contribution in [0.2, 0.25) is 0 Å². The molecule has 0 spiro atoms. The summed E-state index contributed by atoms with van der Waals surface area (Å²) in [6, 6.07) is 9.04. The minimum atomic E-state index is -4.52. The number of anilines is 1. The molecule has 34 heavy (non-hydrogen) atoms. The van der Waals surface area contributed by atoms with Crippen LogP contribution < -0.4 is 16.4 Å². The third kappa shape index (κ3) is 4.96. The molecule has 4 rings (SSSR count). The fraction of sp³-hybridized carbons (Fsp3) is 0.227. The zero-order valence-electron chi connectivity index (χ0n) is 17.5. The Balaban J connectivity index is 1.58. The maximum absolute atomic E-state index is 12.7. The molecule has 2 aromatic heterocycles. The molecule has 176 valence electrons. The van der Waals surface area contributed by atoms with Gasteiger partial charge >= 0.3 is 6.18 Å². The van der Waals surface area contributed by atoms with Crippen LogP contribution >= 0.6 is 0 Å². The van der Waals surface area contributed by atoms with E-state index < -0.39 is 29.8 Å². The average molecular weight is 472 g/mol. The van der Waals surface area contributed by atoms with Crippen molar-refractivity contribution in [2.45, 2.75) is 24.7 Å². The van der Waals surface area contributed by atoms with E-state index in [0.717, 1.165) is 12.1 Å². The van der Waals surface area contributed by atoms with E-state index >= 15 is 0 Å². The molecule has 2 amide bonds. The fourth-order valence-electron chi connectivity index (χ4n) is 3.41. The van der Waals surface area contributed by atoms with Crippen molar-refractivity contribution in [2.24, 2.45) is 5.73 Å². The summed E-state index contributed by atoms with van der Waals surface area (Å²) in [5, 5.41) is 16.2. The Bertz CT molecular complexity index is 1220. The summed E-state index contributed by atoms with van der Waals surface area (Å²) in [4.78, 5) is 35.8. The molecule has 5 N–H and O–H groups in total. The molecule has 0 saturated carbocycles. The number of hydrogen-bond donors (Lipinski definition) is 4. The summed E-state index contributed by atoms with van der Waals surface area (Å²) in [6.45, 7) is 0.523. The first-order valence-corrected chi connectivity index (χ1v) is 10.2. The number of pyridine rings is 1. The van der Waals surface area contributed by atoms with Crippen molar-refractivity contribution in [3.8, 4) is 11.4 Å². The first kappa shape index (κ1) is 23.1. The van der Waals surface area contributed by atoms with Gasteiger partial charge in [-0.3, -0.25) is 14.6 Å². The highest BCUT2D eigenvalue weighted by Gasteiger charge is 2.31. The Kier molecular flexibility index (Phi) is 6.16. The SMILES string of the molecule is NC(=O)c1cc(NC2CCNC2=O)nc(-c2ccc(C(O)c3ccc(C(F)(F)F)cn3)cc2)n1. The lowest BCUT2D eigenvalue weighted by atomic mass is 10.0. The van der Waals surface area contributed by atoms with Gasteiger partial charge in [0.05, 0.1) is 11.3 Å². The molecule has 1 saturated heterocycles. The number of primary amides is 1. The molecule has 3 aromatic rings. The van der Waals surface area contributed by atoms with Crippen LogP contribution in [0.3, 0.4) is 0 Å². The van der Waals surface area contributed by atoms with Gasteiger partial charge < -0.3 is 21.5 Å². The zero-order chi connectivity index (χ0) is 24.5. The van der Waals surface area contributed by atoms with Crippen molar-refractivity contribution >= 4 is 17.6 Å². The smallest absolute Gasteiger partial charge is 0.382 e. The van der Waals surface area contributed by atoms with E-state index in [9.17, 15) is 27.9 Å². The summed E-state index contributed by atoms with van der Waals surface area (Å²) < 4.78 is 38.2. The Hall–Kier alpha value is -4.06. The molecule has 0 radical (unpaired) electrons. The van der Waals surface area contributed by atoms with Gasteiger partial charge in [0.1, 0.15) is 23.7 Å². The number of aliphatic hydroxyl groups excluding tert-OH is 1. The lowest BCUT2D eigenvalue weighted by molar-refractivity contribution is -0.137. The van der Waals surface area contributed by atoms with Crippen molar-refractivity contribution in [3.05, 3.63) is 71.2 Å². The van der Waals surface area contributed by atoms with E-state index in [1.54, 1.807) is 12.1 Å². The van der Waals surface area contributed by atoms with Gasteiger partial charge in [-0.1, -0.05) is 24.3 Å². The van der Waals surface area contributed by atoms with E-state index in [1.807, 2.05) is 0 Å². The molecule has 1 aromatic carbocycles. The number of nitrogens with zero attached hydrogens (tertiary/aromatic N) is 3.